The van der Waals surface area contributed by atoms with Crippen LogP contribution in [0.1, 0.15) is 77.0 Å². The smallest absolute Gasteiger partial charge is 0.223 e. The Balaban J connectivity index is 1.45. The highest BCUT2D eigenvalue weighted by Gasteiger charge is 2.73. The second-order valence-corrected chi connectivity index (χ2v) is 16.6. The normalized spacial score (nSPS) is 56.3. The van der Waals surface area contributed by atoms with Gasteiger partial charge in [0.2, 0.25) is 11.8 Å². The van der Waals surface area contributed by atoms with Crippen molar-refractivity contribution in [1.29, 1.82) is 0 Å². The van der Waals surface area contributed by atoms with Gasteiger partial charge < -0.3 is 16.0 Å². The topological polar surface area (TPSA) is 103 Å². The van der Waals surface area contributed by atoms with Crippen molar-refractivity contribution in [3.63, 3.8) is 0 Å². The fourth-order valence-corrected chi connectivity index (χ4v) is 15.4. The van der Waals surface area contributed by atoms with E-state index in [0.717, 1.165) is 64.2 Å². The number of halogens is 1. The number of hydrogen-bond acceptors (Lipinski definition) is 3. The van der Waals surface area contributed by atoms with E-state index in [4.69, 9.17) is 22.7 Å². The lowest BCUT2D eigenvalue weighted by Gasteiger charge is -2.68. The summed E-state index contributed by atoms with van der Waals surface area (Å²) in [5.41, 5.74) is 10.8. The van der Waals surface area contributed by atoms with Crippen molar-refractivity contribution in [2.45, 2.75) is 87.4 Å². The molecule has 160 valence electrons. The summed E-state index contributed by atoms with van der Waals surface area (Å²) < 4.78 is 14.9. The molecule has 0 aromatic heterocycles. The molecule has 8 aliphatic rings. The summed E-state index contributed by atoms with van der Waals surface area (Å²) in [6.07, 6.45) is 10.3. The van der Waals surface area contributed by atoms with Gasteiger partial charge in [0.25, 0.3) is 0 Å². The first-order valence-electron chi connectivity index (χ1n) is 11.4. The zero-order valence-electron chi connectivity index (χ0n) is 17.0. The van der Waals surface area contributed by atoms with E-state index in [2.05, 4.69) is 0 Å². The highest BCUT2D eigenvalue weighted by molar-refractivity contribution is 7.91. The molecule has 4 unspecified atom stereocenters. The Morgan fingerprint density at radius 3 is 1.28 bits per heavy atom. The third kappa shape index (κ3) is 2.22. The molecule has 7 heteroatoms. The van der Waals surface area contributed by atoms with Crippen LogP contribution in [0.25, 0.3) is 0 Å². The Morgan fingerprint density at radius 1 is 0.690 bits per heavy atom. The third-order valence-electron chi connectivity index (χ3n) is 10.3. The highest BCUT2D eigenvalue weighted by atomic mass is 35.7. The van der Waals surface area contributed by atoms with Crippen LogP contribution in [-0.2, 0) is 14.2 Å². The van der Waals surface area contributed by atoms with Gasteiger partial charge in [0, 0.05) is 10.3 Å². The molecule has 0 aromatic rings. The predicted molar refractivity (Wildman–Crippen MR) is 112 cm³/mol. The molecule has 8 aliphatic carbocycles. The number of carbonyl (C=O) groups is 2. The predicted octanol–water partition coefficient (Wildman–Crippen LogP) is 4.15. The summed E-state index contributed by atoms with van der Waals surface area (Å²) in [6.45, 7) is -3.20. The maximum atomic E-state index is 14.9. The van der Waals surface area contributed by atoms with Gasteiger partial charge in [-0.2, -0.15) is 0 Å². The molecule has 8 fully saturated rings. The van der Waals surface area contributed by atoms with Crippen molar-refractivity contribution in [3.05, 3.63) is 0 Å². The van der Waals surface area contributed by atoms with Gasteiger partial charge in [0.1, 0.15) is 0 Å². The quantitative estimate of drug-likeness (QED) is 0.644. The second kappa shape index (κ2) is 5.44. The maximum absolute atomic E-state index is 14.9. The Labute approximate surface area is 177 Å². The number of nitrogens with two attached hydrogens (primary N) is 2. The molecule has 2 amide bonds. The van der Waals surface area contributed by atoms with Gasteiger partial charge >= 0.3 is 0 Å². The van der Waals surface area contributed by atoms with E-state index in [1.165, 1.54) is 0 Å². The lowest BCUT2D eigenvalue weighted by Crippen LogP contribution is -2.64. The Kier molecular flexibility index (Phi) is 3.59. The van der Waals surface area contributed by atoms with Crippen molar-refractivity contribution in [1.82, 2.24) is 0 Å². The third-order valence-corrected chi connectivity index (χ3v) is 16.0. The van der Waals surface area contributed by atoms with Gasteiger partial charge in [-0.25, -0.2) is 0 Å². The lowest BCUT2D eigenvalue weighted by molar-refractivity contribution is -0.142. The molecule has 0 radical (unpaired) electrons. The molecule has 29 heavy (non-hydrogen) atoms. The fraction of sp³-hybridized carbons (Fsp3) is 0.909. The number of carbonyl (C=O) groups excluding carboxylic acids is 2. The number of rotatable bonds is 4. The zero-order chi connectivity index (χ0) is 20.4. The van der Waals surface area contributed by atoms with Crippen LogP contribution < -0.4 is 11.5 Å². The van der Waals surface area contributed by atoms with E-state index >= 15 is 0 Å². The minimum absolute atomic E-state index is 0.216. The minimum Gasteiger partial charge on any atom is -0.369 e. The lowest BCUT2D eigenvalue weighted by atomic mass is 9.48. The van der Waals surface area contributed by atoms with E-state index < -0.39 is 27.6 Å². The summed E-state index contributed by atoms with van der Waals surface area (Å²) >= 11 is 7.36. The molecule has 4 atom stereocenters. The van der Waals surface area contributed by atoms with Crippen LogP contribution in [-0.4, -0.2) is 22.1 Å². The van der Waals surface area contributed by atoms with Crippen LogP contribution in [0.15, 0.2) is 0 Å². The van der Waals surface area contributed by atoms with Gasteiger partial charge in [-0.05, 0) is 101 Å². The largest absolute Gasteiger partial charge is 0.369 e. The average molecular weight is 439 g/mol. The van der Waals surface area contributed by atoms with Crippen molar-refractivity contribution in [2.24, 2.45) is 46.0 Å². The number of hydrogen-bond donors (Lipinski definition) is 2. The van der Waals surface area contributed by atoms with Gasteiger partial charge in [-0.1, -0.05) is 11.2 Å². The summed E-state index contributed by atoms with van der Waals surface area (Å²) in [4.78, 5) is 25.1. The summed E-state index contributed by atoms with van der Waals surface area (Å²) in [7, 11) is 0. The number of amides is 2. The zero-order valence-corrected chi connectivity index (χ0v) is 18.6. The highest BCUT2D eigenvalue weighted by Crippen LogP contribution is 2.87. The molecule has 8 bridgehead atoms. The second-order valence-electron chi connectivity index (χ2n) is 12.2. The molecular weight excluding hydrogens is 407 g/mol. The van der Waals surface area contributed by atoms with E-state index in [0.29, 0.717) is 36.5 Å². The molecule has 0 saturated heterocycles. The standard InChI is InChI=1S/C22H32ClN2O3P/c23-29(28,21-7-13-1-14(8-21)4-19(3-13,11-21)17(24)26)22-9-15-2-16(10-22)6-20(5-15,12-22)18(25)27/h13-16H,1-12H2,(H2,24,26)(H2,25,27). The molecular formula is C22H32ClN2O3P. The van der Waals surface area contributed by atoms with Crippen LogP contribution in [0.2, 0.25) is 0 Å². The van der Waals surface area contributed by atoms with Gasteiger partial charge in [0.05, 0.1) is 10.8 Å². The summed E-state index contributed by atoms with van der Waals surface area (Å²) in [5, 5.41) is -0.948. The molecule has 0 aromatic carbocycles. The Hall–Kier alpha value is -0.540. The molecule has 8 saturated carbocycles. The molecule has 0 heterocycles. The summed E-state index contributed by atoms with van der Waals surface area (Å²) in [6, 6.07) is 0. The monoisotopic (exact) mass is 438 g/mol. The first-order chi connectivity index (χ1) is 13.5. The Bertz CT molecular complexity index is 778. The molecule has 5 nitrogen and oxygen atoms in total. The average Bonchev–Trinajstić information content (AvgIpc) is 2.59. The molecule has 8 rings (SSSR count). The van der Waals surface area contributed by atoms with Gasteiger partial charge in [0.15, 0.2) is 6.49 Å². The van der Waals surface area contributed by atoms with Crippen LogP contribution in [0, 0.1) is 34.5 Å². The van der Waals surface area contributed by atoms with Gasteiger partial charge in [-0.3, -0.25) is 9.59 Å². The first-order valence-corrected chi connectivity index (χ1v) is 14.0. The number of primary amides is 2. The van der Waals surface area contributed by atoms with Crippen LogP contribution in [0.4, 0.5) is 0 Å². The minimum atomic E-state index is -3.20. The van der Waals surface area contributed by atoms with Crippen molar-refractivity contribution >= 4 is 29.5 Å². The van der Waals surface area contributed by atoms with Gasteiger partial charge in [-0.15, -0.1) is 0 Å². The van der Waals surface area contributed by atoms with E-state index in [1.54, 1.807) is 0 Å². The van der Waals surface area contributed by atoms with Crippen LogP contribution >= 0.6 is 17.7 Å². The SMILES string of the molecule is NC(=O)C12CC3CC(C1)CC(P(=O)(Cl)C14CC5CC(CC(C(N)=O)(C5)C1)C4)(C3)C2. The van der Waals surface area contributed by atoms with E-state index in [-0.39, 0.29) is 11.8 Å². The van der Waals surface area contributed by atoms with Crippen LogP contribution in [0.5, 0.6) is 0 Å². The van der Waals surface area contributed by atoms with Crippen LogP contribution in [0.3, 0.4) is 0 Å². The summed E-state index contributed by atoms with van der Waals surface area (Å²) in [5.74, 6) is 1.22. The first kappa shape index (κ1) is 19.2. The van der Waals surface area contributed by atoms with E-state index in [9.17, 15) is 14.2 Å². The van der Waals surface area contributed by atoms with E-state index in [1.807, 2.05) is 0 Å². The molecule has 0 spiro atoms. The molecule has 4 N–H and O–H groups in total. The van der Waals surface area contributed by atoms with Crippen molar-refractivity contribution < 1.29 is 14.2 Å². The molecule has 0 aliphatic heterocycles. The van der Waals surface area contributed by atoms with Crippen molar-refractivity contribution in [3.8, 4) is 0 Å². The Morgan fingerprint density at radius 2 is 1.00 bits per heavy atom. The maximum Gasteiger partial charge on any atom is 0.223 e. The fourth-order valence-electron chi connectivity index (χ4n) is 10.2. The van der Waals surface area contributed by atoms with Crippen molar-refractivity contribution in [2.75, 3.05) is 0 Å².